The summed E-state index contributed by atoms with van der Waals surface area (Å²) in [6.45, 7) is 1.70. The average molecular weight is 625 g/mol. The molecule has 1 N–H and O–H groups in total. The van der Waals surface area contributed by atoms with E-state index in [1.807, 2.05) is 30.3 Å². The molecular weight excluding hydrogens is 593 g/mol. The van der Waals surface area contributed by atoms with Crippen molar-refractivity contribution in [2.45, 2.75) is 30.8 Å². The predicted molar refractivity (Wildman–Crippen MR) is 167 cm³/mol. The minimum atomic E-state index is -4.18. The van der Waals surface area contributed by atoms with Gasteiger partial charge in [-0.25, -0.2) is 8.42 Å². The van der Waals surface area contributed by atoms with E-state index in [2.05, 4.69) is 5.32 Å². The zero-order chi connectivity index (χ0) is 30.1. The second-order valence-corrected chi connectivity index (χ2v) is 12.3. The van der Waals surface area contributed by atoms with Crippen LogP contribution in [0.15, 0.2) is 114 Å². The zero-order valence-electron chi connectivity index (χ0n) is 23.0. The van der Waals surface area contributed by atoms with Gasteiger partial charge in [-0.1, -0.05) is 83.9 Å². The number of anilines is 1. The summed E-state index contributed by atoms with van der Waals surface area (Å²) in [5.41, 5.74) is 1.91. The lowest BCUT2D eigenvalue weighted by Crippen LogP contribution is -2.53. The van der Waals surface area contributed by atoms with E-state index >= 15 is 0 Å². The molecule has 0 radical (unpaired) electrons. The molecule has 0 bridgehead atoms. The fourth-order valence-corrected chi connectivity index (χ4v) is 6.16. The van der Waals surface area contributed by atoms with Crippen LogP contribution in [0.2, 0.25) is 10.0 Å². The molecule has 4 rings (SSSR count). The highest BCUT2D eigenvalue weighted by molar-refractivity contribution is 7.92. The summed E-state index contributed by atoms with van der Waals surface area (Å²) in [7, 11) is -4.18. The minimum absolute atomic E-state index is 0.0163. The number of halogens is 2. The van der Waals surface area contributed by atoms with Gasteiger partial charge in [0.2, 0.25) is 11.8 Å². The maximum atomic E-state index is 14.3. The molecule has 0 aliphatic rings. The van der Waals surface area contributed by atoms with Gasteiger partial charge in [0, 0.05) is 29.6 Å². The Bertz CT molecular complexity index is 1580. The van der Waals surface area contributed by atoms with Gasteiger partial charge in [-0.05, 0) is 66.6 Å². The lowest BCUT2D eigenvalue weighted by Gasteiger charge is -2.33. The number of amides is 2. The monoisotopic (exact) mass is 623 g/mol. The molecule has 1 atom stereocenters. The van der Waals surface area contributed by atoms with Crippen LogP contribution in [0.4, 0.5) is 5.69 Å². The average Bonchev–Trinajstić information content (AvgIpc) is 2.99. The van der Waals surface area contributed by atoms with Crippen LogP contribution >= 0.6 is 23.2 Å². The number of carbonyl (C=O) groups is 2. The number of nitrogens with zero attached hydrogens (tertiary/aromatic N) is 2. The molecule has 218 valence electrons. The number of benzene rings is 4. The molecule has 4 aromatic rings. The molecule has 0 saturated carbocycles. The van der Waals surface area contributed by atoms with E-state index < -0.39 is 28.5 Å². The van der Waals surface area contributed by atoms with Gasteiger partial charge in [-0.2, -0.15) is 0 Å². The van der Waals surface area contributed by atoms with Crippen molar-refractivity contribution in [3.8, 4) is 0 Å². The Morgan fingerprint density at radius 3 is 1.88 bits per heavy atom. The summed E-state index contributed by atoms with van der Waals surface area (Å²) in [5.74, 6) is -0.881. The van der Waals surface area contributed by atoms with Crippen molar-refractivity contribution < 1.29 is 18.0 Å². The highest BCUT2D eigenvalue weighted by atomic mass is 35.5. The second kappa shape index (κ2) is 14.4. The van der Waals surface area contributed by atoms with E-state index in [0.29, 0.717) is 22.3 Å². The van der Waals surface area contributed by atoms with E-state index in [1.165, 1.54) is 29.2 Å². The van der Waals surface area contributed by atoms with Crippen LogP contribution in [-0.4, -0.2) is 44.3 Å². The molecule has 0 fully saturated rings. The number of rotatable bonds is 12. The Morgan fingerprint density at radius 1 is 0.762 bits per heavy atom. The first-order valence-corrected chi connectivity index (χ1v) is 15.6. The van der Waals surface area contributed by atoms with Crippen molar-refractivity contribution >= 4 is 50.7 Å². The van der Waals surface area contributed by atoms with Crippen molar-refractivity contribution in [3.05, 3.63) is 130 Å². The number of hydrogen-bond acceptors (Lipinski definition) is 4. The Labute approximate surface area is 256 Å². The number of nitrogens with one attached hydrogen (secondary N) is 1. The molecule has 10 heteroatoms. The molecule has 42 heavy (non-hydrogen) atoms. The molecule has 0 heterocycles. The third-order valence-electron chi connectivity index (χ3n) is 6.61. The maximum absolute atomic E-state index is 14.3. The summed E-state index contributed by atoms with van der Waals surface area (Å²) in [6.07, 6.45) is 0.237. The van der Waals surface area contributed by atoms with Crippen LogP contribution in [0.25, 0.3) is 0 Å². The maximum Gasteiger partial charge on any atom is 0.264 e. The van der Waals surface area contributed by atoms with Crippen molar-refractivity contribution in [2.24, 2.45) is 0 Å². The van der Waals surface area contributed by atoms with Crippen molar-refractivity contribution in [2.75, 3.05) is 17.4 Å². The fourth-order valence-electron chi connectivity index (χ4n) is 4.49. The van der Waals surface area contributed by atoms with Crippen LogP contribution in [0.1, 0.15) is 18.1 Å². The Hall–Kier alpha value is -3.85. The SMILES string of the molecule is CCNC(=O)[C@H](Cc1ccccc1)N(Cc1ccc(Cl)cc1)C(=O)CN(c1ccccc1)S(=O)(=O)c1ccc(Cl)cc1. The number of likely N-dealkylation sites (N-methyl/N-ethyl adjacent to an activating group) is 1. The third kappa shape index (κ3) is 7.91. The van der Waals surface area contributed by atoms with Crippen LogP contribution in [0.3, 0.4) is 0 Å². The molecule has 0 aliphatic heterocycles. The molecule has 0 aliphatic carbocycles. The smallest absolute Gasteiger partial charge is 0.264 e. The highest BCUT2D eigenvalue weighted by Gasteiger charge is 2.34. The van der Waals surface area contributed by atoms with Gasteiger partial charge < -0.3 is 10.2 Å². The van der Waals surface area contributed by atoms with E-state index in [4.69, 9.17) is 23.2 Å². The lowest BCUT2D eigenvalue weighted by atomic mass is 10.0. The van der Waals surface area contributed by atoms with E-state index in [1.54, 1.807) is 61.5 Å². The Balaban J connectivity index is 1.77. The topological polar surface area (TPSA) is 86.8 Å². The van der Waals surface area contributed by atoms with Gasteiger partial charge in [0.25, 0.3) is 10.0 Å². The normalized spacial score (nSPS) is 11.9. The second-order valence-electron chi connectivity index (χ2n) is 9.55. The van der Waals surface area contributed by atoms with E-state index in [-0.39, 0.29) is 23.8 Å². The van der Waals surface area contributed by atoms with Crippen LogP contribution in [-0.2, 0) is 32.6 Å². The summed E-state index contributed by atoms with van der Waals surface area (Å²) >= 11 is 12.1. The molecule has 0 unspecified atom stereocenters. The highest BCUT2D eigenvalue weighted by Crippen LogP contribution is 2.26. The van der Waals surface area contributed by atoms with Crippen LogP contribution in [0, 0.1) is 0 Å². The Morgan fingerprint density at radius 2 is 1.31 bits per heavy atom. The first kappa shape index (κ1) is 31.1. The number of para-hydroxylation sites is 1. The third-order valence-corrected chi connectivity index (χ3v) is 8.90. The van der Waals surface area contributed by atoms with Gasteiger partial charge in [-0.15, -0.1) is 0 Å². The van der Waals surface area contributed by atoms with Crippen molar-refractivity contribution in [1.29, 1.82) is 0 Å². The zero-order valence-corrected chi connectivity index (χ0v) is 25.3. The molecule has 0 spiro atoms. The summed E-state index contributed by atoms with van der Waals surface area (Å²) in [5, 5.41) is 3.76. The molecule has 4 aromatic carbocycles. The number of carbonyl (C=O) groups excluding carboxylic acids is 2. The summed E-state index contributed by atoms with van der Waals surface area (Å²) in [4.78, 5) is 29.2. The molecular formula is C32H31Cl2N3O4S. The summed E-state index contributed by atoms with van der Waals surface area (Å²) < 4.78 is 28.9. The minimum Gasteiger partial charge on any atom is -0.355 e. The van der Waals surface area contributed by atoms with Gasteiger partial charge in [-0.3, -0.25) is 13.9 Å². The first-order valence-electron chi connectivity index (χ1n) is 13.4. The van der Waals surface area contributed by atoms with Crippen LogP contribution < -0.4 is 9.62 Å². The predicted octanol–water partition coefficient (Wildman–Crippen LogP) is 5.96. The van der Waals surface area contributed by atoms with Gasteiger partial charge in [0.05, 0.1) is 10.6 Å². The van der Waals surface area contributed by atoms with Crippen LogP contribution in [0.5, 0.6) is 0 Å². The van der Waals surface area contributed by atoms with Crippen molar-refractivity contribution in [3.63, 3.8) is 0 Å². The Kier molecular flexibility index (Phi) is 10.6. The molecule has 7 nitrogen and oxygen atoms in total. The van der Waals surface area contributed by atoms with Gasteiger partial charge >= 0.3 is 0 Å². The van der Waals surface area contributed by atoms with Crippen molar-refractivity contribution in [1.82, 2.24) is 10.2 Å². The molecule has 2 amide bonds. The van der Waals surface area contributed by atoms with Gasteiger partial charge in [0.15, 0.2) is 0 Å². The molecule has 0 saturated heterocycles. The number of sulfonamides is 1. The van der Waals surface area contributed by atoms with E-state index in [9.17, 15) is 18.0 Å². The number of hydrogen-bond donors (Lipinski definition) is 1. The largest absolute Gasteiger partial charge is 0.355 e. The standard InChI is InChI=1S/C32H31Cl2N3O4S/c1-2-35-32(39)30(21-24-9-5-3-6-10-24)36(22-25-13-15-26(33)16-14-25)31(38)23-37(28-11-7-4-8-12-28)42(40,41)29-19-17-27(34)18-20-29/h3-20,30H,2,21-23H2,1H3,(H,35,39)/t30-/m0/s1. The lowest BCUT2D eigenvalue weighted by molar-refractivity contribution is -0.140. The van der Waals surface area contributed by atoms with E-state index in [0.717, 1.165) is 15.4 Å². The fraction of sp³-hybridized carbons (Fsp3) is 0.188. The quantitative estimate of drug-likeness (QED) is 0.211. The summed E-state index contributed by atoms with van der Waals surface area (Å²) in [6, 6.07) is 29.6. The first-order chi connectivity index (χ1) is 20.2. The van der Waals surface area contributed by atoms with Gasteiger partial charge in [0.1, 0.15) is 12.6 Å². The molecule has 0 aromatic heterocycles.